The Morgan fingerprint density at radius 2 is 2.11 bits per heavy atom. The molecule has 0 aliphatic heterocycles. The number of anilines is 1. The molecule has 0 spiro atoms. The van der Waals surface area contributed by atoms with Gasteiger partial charge in [-0.25, -0.2) is 9.97 Å². The van der Waals surface area contributed by atoms with Crippen LogP contribution in [-0.2, 0) is 6.42 Å². The van der Waals surface area contributed by atoms with Crippen LogP contribution in [-0.4, -0.2) is 9.97 Å². The van der Waals surface area contributed by atoms with Gasteiger partial charge in [-0.1, -0.05) is 18.5 Å². The lowest BCUT2D eigenvalue weighted by molar-refractivity contribution is 1.14. The van der Waals surface area contributed by atoms with Crippen LogP contribution in [0, 0.1) is 0 Å². The van der Waals surface area contributed by atoms with Crippen molar-refractivity contribution in [2.75, 3.05) is 5.73 Å². The topological polar surface area (TPSA) is 51.8 Å². The zero-order valence-electron chi connectivity index (χ0n) is 10.4. The number of rotatable bonds is 2. The van der Waals surface area contributed by atoms with Gasteiger partial charge in [0.05, 0.1) is 10.4 Å². The number of nitrogens with zero attached hydrogens (tertiary/aromatic N) is 2. The Morgan fingerprint density at radius 1 is 1.26 bits per heavy atom. The highest BCUT2D eigenvalue weighted by atomic mass is 35.5. The van der Waals surface area contributed by atoms with Gasteiger partial charge in [0.2, 0.25) is 0 Å². The van der Waals surface area contributed by atoms with Crippen LogP contribution in [0.3, 0.4) is 0 Å². The minimum absolute atomic E-state index is 0.470. The number of hydrogen-bond donors (Lipinski definition) is 1. The van der Waals surface area contributed by atoms with Gasteiger partial charge < -0.3 is 5.73 Å². The summed E-state index contributed by atoms with van der Waals surface area (Å²) in [4.78, 5) is 10.1. The van der Waals surface area contributed by atoms with Gasteiger partial charge in [-0.3, -0.25) is 0 Å². The third kappa shape index (κ3) is 2.17. The largest absolute Gasteiger partial charge is 0.383 e. The number of nitrogen functional groups attached to an aromatic ring is 1. The molecule has 0 atom stereocenters. The van der Waals surface area contributed by atoms with Crippen molar-refractivity contribution >= 4 is 39.7 Å². The summed E-state index contributed by atoms with van der Waals surface area (Å²) >= 11 is 7.61. The van der Waals surface area contributed by atoms with Crippen molar-refractivity contribution in [3.8, 4) is 10.7 Å². The van der Waals surface area contributed by atoms with E-state index >= 15 is 0 Å². The number of aryl methyl sites for hydroxylation is 1. The Balaban J connectivity index is 2.24. The summed E-state index contributed by atoms with van der Waals surface area (Å²) in [7, 11) is 0. The highest BCUT2D eigenvalue weighted by Gasteiger charge is 2.11. The normalized spacial score (nSPS) is 11.1. The molecule has 0 saturated heterocycles. The zero-order chi connectivity index (χ0) is 13.4. The molecular weight excluding hydrogens is 278 g/mol. The molecule has 19 heavy (non-hydrogen) atoms. The van der Waals surface area contributed by atoms with Gasteiger partial charge in [0.25, 0.3) is 0 Å². The molecule has 1 aromatic carbocycles. The Bertz CT molecular complexity index is 752. The molecule has 0 fully saturated rings. The fourth-order valence-electron chi connectivity index (χ4n) is 2.04. The molecule has 2 heterocycles. The quantitative estimate of drug-likeness (QED) is 0.771. The molecule has 2 N–H and O–H groups in total. The second-order valence-electron chi connectivity index (χ2n) is 4.22. The van der Waals surface area contributed by atoms with E-state index in [1.807, 2.05) is 12.1 Å². The summed E-state index contributed by atoms with van der Waals surface area (Å²) in [6.45, 7) is 2.12. The Kier molecular flexibility index (Phi) is 3.12. The van der Waals surface area contributed by atoms with Crippen molar-refractivity contribution in [3.05, 3.63) is 40.2 Å². The predicted octanol–water partition coefficient (Wildman–Crippen LogP) is 4.16. The molecule has 3 rings (SSSR count). The first-order valence-electron chi connectivity index (χ1n) is 5.98. The summed E-state index contributed by atoms with van der Waals surface area (Å²) < 4.78 is 0. The standard InChI is InChI=1S/C14H12ClN3S/c1-2-8-5-6-19-12(8)14-17-11-4-3-9(15)7-10(11)13(16)18-14/h3-7H,2H2,1H3,(H2,16,17,18). The summed E-state index contributed by atoms with van der Waals surface area (Å²) in [5.41, 5.74) is 8.09. The lowest BCUT2D eigenvalue weighted by Gasteiger charge is -2.06. The maximum atomic E-state index is 6.02. The molecule has 0 aliphatic carbocycles. The van der Waals surface area contributed by atoms with Crippen LogP contribution in [0.4, 0.5) is 5.82 Å². The van der Waals surface area contributed by atoms with Gasteiger partial charge in [0.15, 0.2) is 5.82 Å². The Hall–Kier alpha value is -1.65. The van der Waals surface area contributed by atoms with Gasteiger partial charge in [-0.15, -0.1) is 11.3 Å². The van der Waals surface area contributed by atoms with Crippen LogP contribution in [0.25, 0.3) is 21.6 Å². The van der Waals surface area contributed by atoms with Crippen LogP contribution in [0.2, 0.25) is 5.02 Å². The number of aromatic nitrogens is 2. The highest BCUT2D eigenvalue weighted by Crippen LogP contribution is 2.30. The van der Waals surface area contributed by atoms with E-state index < -0.39 is 0 Å². The van der Waals surface area contributed by atoms with Crippen LogP contribution >= 0.6 is 22.9 Å². The first kappa shape index (κ1) is 12.4. The molecule has 2 aromatic heterocycles. The highest BCUT2D eigenvalue weighted by molar-refractivity contribution is 7.13. The van der Waals surface area contributed by atoms with Crippen molar-refractivity contribution in [2.45, 2.75) is 13.3 Å². The van der Waals surface area contributed by atoms with E-state index in [0.717, 1.165) is 22.2 Å². The molecule has 3 nitrogen and oxygen atoms in total. The van der Waals surface area contributed by atoms with E-state index in [1.54, 1.807) is 17.4 Å². The van der Waals surface area contributed by atoms with Gasteiger partial charge in [0.1, 0.15) is 5.82 Å². The molecule has 0 unspecified atom stereocenters. The Morgan fingerprint density at radius 3 is 2.89 bits per heavy atom. The summed E-state index contributed by atoms with van der Waals surface area (Å²) in [5, 5.41) is 3.49. The molecule has 3 aromatic rings. The molecule has 0 aliphatic rings. The average Bonchev–Trinajstić information content (AvgIpc) is 2.87. The van der Waals surface area contributed by atoms with E-state index in [9.17, 15) is 0 Å². The van der Waals surface area contributed by atoms with Crippen molar-refractivity contribution in [1.29, 1.82) is 0 Å². The Labute approximate surface area is 120 Å². The predicted molar refractivity (Wildman–Crippen MR) is 81.7 cm³/mol. The van der Waals surface area contributed by atoms with E-state index in [2.05, 4.69) is 28.3 Å². The van der Waals surface area contributed by atoms with Crippen molar-refractivity contribution in [1.82, 2.24) is 9.97 Å². The average molecular weight is 290 g/mol. The fourth-order valence-corrected chi connectivity index (χ4v) is 3.14. The smallest absolute Gasteiger partial charge is 0.172 e. The van der Waals surface area contributed by atoms with Gasteiger partial charge >= 0.3 is 0 Å². The summed E-state index contributed by atoms with van der Waals surface area (Å²) in [5.74, 6) is 1.16. The third-order valence-corrected chi connectivity index (χ3v) is 4.21. The lowest BCUT2D eigenvalue weighted by Crippen LogP contribution is -1.98. The molecule has 96 valence electrons. The summed E-state index contributed by atoms with van der Waals surface area (Å²) in [6, 6.07) is 7.59. The summed E-state index contributed by atoms with van der Waals surface area (Å²) in [6.07, 6.45) is 0.959. The molecule has 0 amide bonds. The van der Waals surface area contributed by atoms with Crippen LogP contribution in [0.1, 0.15) is 12.5 Å². The monoisotopic (exact) mass is 289 g/mol. The lowest BCUT2D eigenvalue weighted by atomic mass is 10.2. The first-order valence-corrected chi connectivity index (χ1v) is 7.24. The minimum Gasteiger partial charge on any atom is -0.383 e. The number of hydrogen-bond acceptors (Lipinski definition) is 4. The minimum atomic E-state index is 0.470. The van der Waals surface area contributed by atoms with Crippen LogP contribution in [0.5, 0.6) is 0 Å². The van der Waals surface area contributed by atoms with E-state index in [0.29, 0.717) is 16.7 Å². The maximum absolute atomic E-state index is 6.02. The zero-order valence-corrected chi connectivity index (χ0v) is 11.9. The second-order valence-corrected chi connectivity index (χ2v) is 5.57. The molecule has 0 saturated carbocycles. The van der Waals surface area contributed by atoms with Gasteiger partial charge in [-0.2, -0.15) is 0 Å². The van der Waals surface area contributed by atoms with Gasteiger partial charge in [-0.05, 0) is 41.6 Å². The number of benzene rings is 1. The fraction of sp³-hybridized carbons (Fsp3) is 0.143. The molecular formula is C14H12ClN3S. The van der Waals surface area contributed by atoms with E-state index in [1.165, 1.54) is 5.56 Å². The van der Waals surface area contributed by atoms with Crippen LogP contribution < -0.4 is 5.73 Å². The molecule has 5 heteroatoms. The number of thiophene rings is 1. The maximum Gasteiger partial charge on any atom is 0.172 e. The van der Waals surface area contributed by atoms with Gasteiger partial charge in [0, 0.05) is 10.4 Å². The number of nitrogens with two attached hydrogens (primary N) is 1. The SMILES string of the molecule is CCc1ccsc1-c1nc(N)c2cc(Cl)ccc2n1. The van der Waals surface area contributed by atoms with E-state index in [-0.39, 0.29) is 0 Å². The first-order chi connectivity index (χ1) is 9.19. The molecule has 0 bridgehead atoms. The second kappa shape index (κ2) is 4.79. The van der Waals surface area contributed by atoms with E-state index in [4.69, 9.17) is 17.3 Å². The number of halogens is 1. The molecule has 0 radical (unpaired) electrons. The third-order valence-electron chi connectivity index (χ3n) is 3.02. The van der Waals surface area contributed by atoms with Crippen molar-refractivity contribution in [3.63, 3.8) is 0 Å². The van der Waals surface area contributed by atoms with Crippen molar-refractivity contribution in [2.24, 2.45) is 0 Å². The van der Waals surface area contributed by atoms with Crippen LogP contribution in [0.15, 0.2) is 29.6 Å². The van der Waals surface area contributed by atoms with Crippen molar-refractivity contribution < 1.29 is 0 Å². The number of fused-ring (bicyclic) bond motifs is 1.